The lowest BCUT2D eigenvalue weighted by Crippen LogP contribution is -2.43. The number of nitrogens with zero attached hydrogens (tertiary/aromatic N) is 5. The Balaban J connectivity index is 1.43. The van der Waals surface area contributed by atoms with Gasteiger partial charge in [-0.25, -0.2) is 18.0 Å². The lowest BCUT2D eigenvalue weighted by atomic mass is 9.94. The van der Waals surface area contributed by atoms with E-state index in [0.29, 0.717) is 58.2 Å². The van der Waals surface area contributed by atoms with Gasteiger partial charge in [-0.3, -0.25) is 9.88 Å². The van der Waals surface area contributed by atoms with Gasteiger partial charge in [0.15, 0.2) is 12.6 Å². The molecule has 2 aromatic heterocycles. The minimum absolute atomic E-state index is 0.0467. The number of alkyl carbamates (subject to hydrolysis) is 1. The third-order valence-electron chi connectivity index (χ3n) is 9.45. The molecule has 2 aliphatic rings. The second-order valence-electron chi connectivity index (χ2n) is 14.2. The maximum absolute atomic E-state index is 17.0. The summed E-state index contributed by atoms with van der Waals surface area (Å²) in [5, 5.41) is 4.18. The van der Waals surface area contributed by atoms with Crippen molar-refractivity contribution in [2.75, 3.05) is 58.6 Å². The normalized spacial score (nSPS) is 19.0. The Labute approximate surface area is 295 Å². The monoisotopic (exact) mass is 710 g/mol. The topological polar surface area (TPSA) is 111 Å². The second-order valence-corrected chi connectivity index (χ2v) is 14.2. The average molecular weight is 711 g/mol. The van der Waals surface area contributed by atoms with Gasteiger partial charge >= 0.3 is 12.1 Å². The van der Waals surface area contributed by atoms with E-state index < -0.39 is 35.0 Å². The van der Waals surface area contributed by atoms with Gasteiger partial charge in [0.05, 0.1) is 10.9 Å². The number of methoxy groups -OCH3 is 1. The highest BCUT2D eigenvalue weighted by atomic mass is 19.1. The summed E-state index contributed by atoms with van der Waals surface area (Å²) in [6.07, 6.45) is 2.36. The second kappa shape index (κ2) is 14.7. The molecule has 0 radical (unpaired) electrons. The summed E-state index contributed by atoms with van der Waals surface area (Å²) in [5.74, 6) is -0.468. The van der Waals surface area contributed by atoms with E-state index in [1.54, 1.807) is 50.9 Å². The van der Waals surface area contributed by atoms with Crippen LogP contribution >= 0.6 is 0 Å². The number of likely N-dealkylation sites (N-methyl/N-ethyl adjacent to an activating group) is 1. The fourth-order valence-electron chi connectivity index (χ4n) is 7.19. The third-order valence-corrected chi connectivity index (χ3v) is 9.45. The van der Waals surface area contributed by atoms with Gasteiger partial charge < -0.3 is 29.2 Å². The Hall–Kier alpha value is -4.43. The molecule has 2 atom stereocenters. The molecule has 11 nitrogen and oxygen atoms in total. The smallest absolute Gasteiger partial charge is 0.407 e. The number of nitrogens with one attached hydrogen (secondary N) is 1. The van der Waals surface area contributed by atoms with Crippen LogP contribution in [0, 0.1) is 11.6 Å². The number of aryl methyl sites for hydroxylation is 1. The molecule has 14 heteroatoms. The van der Waals surface area contributed by atoms with E-state index in [1.807, 2.05) is 6.92 Å². The van der Waals surface area contributed by atoms with Gasteiger partial charge in [0.25, 0.3) is 0 Å². The molecule has 2 fully saturated rings. The largest absolute Gasteiger partial charge is 0.468 e. The number of aromatic nitrogens is 3. The number of halogens is 3. The Morgan fingerprint density at radius 1 is 1.18 bits per heavy atom. The van der Waals surface area contributed by atoms with E-state index in [2.05, 4.69) is 25.2 Å². The van der Waals surface area contributed by atoms with E-state index in [0.717, 1.165) is 19.4 Å². The van der Waals surface area contributed by atoms with Gasteiger partial charge in [0.1, 0.15) is 47.0 Å². The molecule has 0 spiro atoms. The summed E-state index contributed by atoms with van der Waals surface area (Å²) in [5.41, 5.74) is -0.523. The van der Waals surface area contributed by atoms with Crippen molar-refractivity contribution in [3.8, 4) is 23.0 Å². The van der Waals surface area contributed by atoms with E-state index in [-0.39, 0.29) is 43.7 Å². The molecule has 0 saturated carbocycles. The first-order valence-electron chi connectivity index (χ1n) is 17.3. The summed E-state index contributed by atoms with van der Waals surface area (Å²) in [6.45, 7) is 8.87. The number of alkyl halides is 1. The van der Waals surface area contributed by atoms with Gasteiger partial charge in [-0.2, -0.15) is 9.97 Å². The van der Waals surface area contributed by atoms with Crippen molar-refractivity contribution in [3.63, 3.8) is 0 Å². The zero-order valence-electron chi connectivity index (χ0n) is 29.9. The number of fused-ring (bicyclic) bond motifs is 3. The Morgan fingerprint density at radius 3 is 2.73 bits per heavy atom. The third kappa shape index (κ3) is 7.62. The van der Waals surface area contributed by atoms with Crippen LogP contribution in [0.4, 0.5) is 23.8 Å². The van der Waals surface area contributed by atoms with Crippen molar-refractivity contribution in [1.29, 1.82) is 0 Å². The van der Waals surface area contributed by atoms with Gasteiger partial charge in [-0.05, 0) is 81.1 Å². The molecule has 51 heavy (non-hydrogen) atoms. The lowest BCUT2D eigenvalue weighted by Gasteiger charge is -2.31. The molecule has 0 unspecified atom stereocenters. The maximum atomic E-state index is 17.0. The van der Waals surface area contributed by atoms with E-state index >= 15 is 8.78 Å². The Kier molecular flexibility index (Phi) is 10.5. The Bertz CT molecular complexity index is 1920. The molecule has 1 amide bonds. The molecule has 4 aromatic rings. The zero-order chi connectivity index (χ0) is 36.5. The molecule has 274 valence electrons. The number of carbonyl (C=O) groups is 1. The van der Waals surface area contributed by atoms with Crippen molar-refractivity contribution in [1.82, 2.24) is 25.2 Å². The van der Waals surface area contributed by atoms with Crippen molar-refractivity contribution < 1.29 is 36.9 Å². The van der Waals surface area contributed by atoms with Crippen molar-refractivity contribution in [2.24, 2.45) is 0 Å². The summed E-state index contributed by atoms with van der Waals surface area (Å²) in [7, 11) is 3.24. The summed E-state index contributed by atoms with van der Waals surface area (Å²) in [4.78, 5) is 29.9. The quantitative estimate of drug-likeness (QED) is 0.162. The van der Waals surface area contributed by atoms with Gasteiger partial charge in [-0.15, -0.1) is 0 Å². The number of rotatable bonds is 12. The molecule has 0 aliphatic carbocycles. The number of ether oxygens (including phenoxy) is 4. The predicted molar refractivity (Wildman–Crippen MR) is 188 cm³/mol. The number of amides is 1. The van der Waals surface area contributed by atoms with Crippen LogP contribution in [0.3, 0.4) is 0 Å². The number of carbonyl (C=O) groups excluding carboxylic acids is 1. The van der Waals surface area contributed by atoms with Crippen LogP contribution in [0.1, 0.15) is 52.5 Å². The van der Waals surface area contributed by atoms with Gasteiger partial charge in [0.2, 0.25) is 0 Å². The van der Waals surface area contributed by atoms with Crippen LogP contribution < -0.4 is 19.7 Å². The van der Waals surface area contributed by atoms with Crippen LogP contribution in [0.5, 0.6) is 11.8 Å². The van der Waals surface area contributed by atoms with Crippen molar-refractivity contribution >= 4 is 33.6 Å². The van der Waals surface area contributed by atoms with Crippen LogP contribution in [0.25, 0.3) is 32.9 Å². The van der Waals surface area contributed by atoms with E-state index in [4.69, 9.17) is 18.9 Å². The molecule has 1 N–H and O–H groups in total. The van der Waals surface area contributed by atoms with Crippen LogP contribution in [0.2, 0.25) is 0 Å². The predicted octanol–water partition coefficient (Wildman–Crippen LogP) is 6.58. The maximum Gasteiger partial charge on any atom is 0.407 e. The summed E-state index contributed by atoms with van der Waals surface area (Å²) >= 11 is 0. The average Bonchev–Trinajstić information content (AvgIpc) is 3.61. The molecule has 6 rings (SSSR count). The SMILES string of the molecule is CCc1c(F)ccc2cc(OCOC)cc(-c3ncc4c(N(C)CCNC(=O)OC(C)(C)C)nc(OC[C@@]56CCCN5C[C@H](F)C6)nc4c3F)c12. The summed E-state index contributed by atoms with van der Waals surface area (Å²) < 4.78 is 69.1. The molecule has 2 saturated heterocycles. The minimum Gasteiger partial charge on any atom is -0.468 e. The highest BCUT2D eigenvalue weighted by molar-refractivity contribution is 6.01. The molecule has 0 bridgehead atoms. The number of anilines is 1. The van der Waals surface area contributed by atoms with Crippen LogP contribution in [0.15, 0.2) is 30.5 Å². The number of pyridine rings is 1. The number of benzene rings is 2. The molecule has 2 aromatic carbocycles. The first kappa shape index (κ1) is 36.4. The van der Waals surface area contributed by atoms with Crippen molar-refractivity contribution in [3.05, 3.63) is 47.7 Å². The lowest BCUT2D eigenvalue weighted by molar-refractivity contribution is 0.0511. The molecular weight excluding hydrogens is 665 g/mol. The van der Waals surface area contributed by atoms with E-state index in [9.17, 15) is 9.18 Å². The fourth-order valence-corrected chi connectivity index (χ4v) is 7.19. The number of hydrogen-bond donors (Lipinski definition) is 1. The van der Waals surface area contributed by atoms with Crippen LogP contribution in [-0.4, -0.2) is 97.0 Å². The highest BCUT2D eigenvalue weighted by Crippen LogP contribution is 2.42. The van der Waals surface area contributed by atoms with Crippen molar-refractivity contribution in [2.45, 2.75) is 70.7 Å². The number of hydrogen-bond acceptors (Lipinski definition) is 10. The summed E-state index contributed by atoms with van der Waals surface area (Å²) in [6, 6.07) is 6.29. The first-order valence-corrected chi connectivity index (χ1v) is 17.3. The Morgan fingerprint density at radius 2 is 1.98 bits per heavy atom. The minimum atomic E-state index is -0.951. The molecule has 2 aliphatic heterocycles. The first-order chi connectivity index (χ1) is 24.3. The fraction of sp³-hybridized carbons (Fsp3) is 0.514. The van der Waals surface area contributed by atoms with Crippen LogP contribution in [-0.2, 0) is 15.9 Å². The van der Waals surface area contributed by atoms with E-state index in [1.165, 1.54) is 19.4 Å². The highest BCUT2D eigenvalue weighted by Gasteiger charge is 2.49. The van der Waals surface area contributed by atoms with Gasteiger partial charge in [-0.1, -0.05) is 13.0 Å². The standard InChI is InChI=1S/C37H45F3N6O5/c1-7-25-28(39)10-9-22-15-24(50-21-48-6)16-26(29(22)25)31-30(40)32-27(18-42-31)33(45(5)14-12-41-35(47)51-36(2,3)4)44-34(43-32)49-20-37-11-8-13-46(37)19-23(38)17-37/h9-10,15-16,18,23H,7-8,11-14,17,19-21H2,1-6H3,(H,41,47)/t23-,37+/m1/s1. The van der Waals surface area contributed by atoms with Gasteiger partial charge in [0, 0.05) is 52.0 Å². The molecular formula is C37H45F3N6O5. The zero-order valence-corrected chi connectivity index (χ0v) is 29.9. The molecule has 4 heterocycles.